The number of nitrogens with two attached hydrogens (primary N) is 1. The lowest BCUT2D eigenvalue weighted by Crippen LogP contribution is -2.30. The molecular weight excluding hydrogens is 368 g/mol. The fraction of sp³-hybridized carbons (Fsp3) is 0.444. The van der Waals surface area contributed by atoms with Gasteiger partial charge in [-0.2, -0.15) is 0 Å². The van der Waals surface area contributed by atoms with Crippen LogP contribution in [-0.2, 0) is 11.3 Å². The summed E-state index contributed by atoms with van der Waals surface area (Å²) in [6.07, 6.45) is 1.52. The number of aromatic nitrogens is 3. The Morgan fingerprint density at radius 3 is 2.56 bits per heavy atom. The van der Waals surface area contributed by atoms with Crippen LogP contribution in [0.1, 0.15) is 22.0 Å². The smallest absolute Gasteiger partial charge is 0.276 e. The molecule has 0 bridgehead atoms. The molecular formula is C18H25ClN6O2. The van der Waals surface area contributed by atoms with Crippen molar-refractivity contribution in [1.29, 1.82) is 0 Å². The van der Waals surface area contributed by atoms with Gasteiger partial charge in [0.05, 0.1) is 6.20 Å². The molecule has 0 radical (unpaired) electrons. The highest BCUT2D eigenvalue weighted by atomic mass is 35.5. The normalized spacial score (nSPS) is 18.9. The molecule has 0 spiro atoms. The van der Waals surface area contributed by atoms with Crippen molar-refractivity contribution in [2.24, 2.45) is 11.7 Å². The number of nitrogens with zero attached hydrogens (tertiary/aromatic N) is 5. The summed E-state index contributed by atoms with van der Waals surface area (Å²) in [5.41, 5.74) is 7.38. The van der Waals surface area contributed by atoms with Gasteiger partial charge in [-0.15, -0.1) is 17.5 Å². The highest BCUT2D eigenvalue weighted by Gasteiger charge is 2.36. The van der Waals surface area contributed by atoms with Crippen LogP contribution in [0.5, 0.6) is 0 Å². The number of carbonyl (C=O) groups excluding carboxylic acids is 2. The lowest BCUT2D eigenvalue weighted by molar-refractivity contribution is -0.129. The Morgan fingerprint density at radius 2 is 1.93 bits per heavy atom. The van der Waals surface area contributed by atoms with Gasteiger partial charge in [0.2, 0.25) is 5.91 Å². The van der Waals surface area contributed by atoms with Gasteiger partial charge in [-0.1, -0.05) is 35.5 Å². The summed E-state index contributed by atoms with van der Waals surface area (Å²) in [4.78, 5) is 27.8. The fourth-order valence-electron chi connectivity index (χ4n) is 3.27. The molecule has 146 valence electrons. The molecule has 0 unspecified atom stereocenters. The maximum absolute atomic E-state index is 12.8. The molecule has 3 rings (SSSR count). The number of halogens is 1. The first-order chi connectivity index (χ1) is 12.5. The number of benzene rings is 1. The summed E-state index contributed by atoms with van der Waals surface area (Å²) in [7, 11) is 3.35. The Bertz CT molecular complexity index is 779. The van der Waals surface area contributed by atoms with E-state index in [1.165, 1.54) is 21.3 Å². The van der Waals surface area contributed by atoms with Crippen LogP contribution >= 0.6 is 12.4 Å². The Hall–Kier alpha value is -2.45. The molecule has 1 aliphatic rings. The zero-order chi connectivity index (χ0) is 18.7. The number of hydrogen-bond donors (Lipinski definition) is 1. The summed E-state index contributed by atoms with van der Waals surface area (Å²) in [5.74, 6) is 0.148. The van der Waals surface area contributed by atoms with E-state index in [9.17, 15) is 9.59 Å². The Labute approximate surface area is 164 Å². The zero-order valence-electron chi connectivity index (χ0n) is 15.5. The average molecular weight is 393 g/mol. The predicted molar refractivity (Wildman–Crippen MR) is 104 cm³/mol. The van der Waals surface area contributed by atoms with Crippen LogP contribution in [0.25, 0.3) is 0 Å². The number of carbonyl (C=O) groups is 2. The summed E-state index contributed by atoms with van der Waals surface area (Å²) >= 11 is 0. The monoisotopic (exact) mass is 392 g/mol. The van der Waals surface area contributed by atoms with Crippen LogP contribution in [0.2, 0.25) is 0 Å². The maximum atomic E-state index is 12.8. The third-order valence-electron chi connectivity index (χ3n) is 4.81. The van der Waals surface area contributed by atoms with E-state index in [4.69, 9.17) is 5.73 Å². The van der Waals surface area contributed by atoms with E-state index < -0.39 is 0 Å². The molecule has 8 nitrogen and oxygen atoms in total. The third-order valence-corrected chi connectivity index (χ3v) is 4.81. The minimum atomic E-state index is -0.176. The lowest BCUT2D eigenvalue weighted by Gasteiger charge is -2.16. The summed E-state index contributed by atoms with van der Waals surface area (Å²) in [6, 6.07) is 10.1. The van der Waals surface area contributed by atoms with E-state index in [1.807, 2.05) is 18.2 Å². The van der Waals surface area contributed by atoms with Crippen LogP contribution in [0.3, 0.4) is 0 Å². The quantitative estimate of drug-likeness (QED) is 0.803. The van der Waals surface area contributed by atoms with E-state index in [0.717, 1.165) is 0 Å². The van der Waals surface area contributed by atoms with Crippen molar-refractivity contribution in [1.82, 2.24) is 24.8 Å². The van der Waals surface area contributed by atoms with Crippen molar-refractivity contribution in [3.05, 3.63) is 47.8 Å². The highest BCUT2D eigenvalue weighted by molar-refractivity contribution is 5.92. The van der Waals surface area contributed by atoms with E-state index >= 15 is 0 Å². The van der Waals surface area contributed by atoms with Crippen molar-refractivity contribution in [2.75, 3.05) is 33.7 Å². The number of hydrogen-bond acceptors (Lipinski definition) is 5. The first-order valence-corrected chi connectivity index (χ1v) is 8.64. The molecule has 1 aromatic carbocycles. The molecule has 1 aliphatic heterocycles. The number of amides is 2. The maximum Gasteiger partial charge on any atom is 0.276 e. The van der Waals surface area contributed by atoms with Crippen LogP contribution in [-0.4, -0.2) is 70.3 Å². The van der Waals surface area contributed by atoms with Gasteiger partial charge in [-0.25, -0.2) is 4.68 Å². The second-order valence-corrected chi connectivity index (χ2v) is 6.81. The van der Waals surface area contributed by atoms with E-state index in [1.54, 1.807) is 19.0 Å². The molecule has 2 amide bonds. The van der Waals surface area contributed by atoms with Gasteiger partial charge in [-0.3, -0.25) is 9.59 Å². The number of likely N-dealkylation sites (tertiary alicyclic amines) is 1. The molecule has 2 N–H and O–H groups in total. The molecule has 1 fully saturated rings. The van der Waals surface area contributed by atoms with Gasteiger partial charge in [0.25, 0.3) is 5.91 Å². The Morgan fingerprint density at radius 1 is 1.22 bits per heavy atom. The number of likely N-dealkylation sites (N-methyl/N-ethyl adjacent to an activating group) is 1. The lowest BCUT2D eigenvalue weighted by atomic mass is 9.89. The largest absolute Gasteiger partial charge is 0.347 e. The van der Waals surface area contributed by atoms with Gasteiger partial charge in [-0.05, 0) is 18.0 Å². The highest BCUT2D eigenvalue weighted by Crippen LogP contribution is 2.32. The molecule has 2 aromatic rings. The summed E-state index contributed by atoms with van der Waals surface area (Å²) < 4.78 is 1.39. The first-order valence-electron chi connectivity index (χ1n) is 8.64. The predicted octanol–water partition coefficient (Wildman–Crippen LogP) is 0.603. The van der Waals surface area contributed by atoms with Gasteiger partial charge in [0, 0.05) is 33.1 Å². The molecule has 9 heteroatoms. The molecule has 2 heterocycles. The standard InChI is InChI=1S/C18H24N6O2.ClH/c1-22(2)17(25)12-24-11-16(20-21-24)18(26)23-9-14(8-19)15(10-23)13-6-4-3-5-7-13;/h3-7,11,14-15H,8-10,12,19H2,1-2H3;1H/t14-,15+;/m1./s1. The van der Waals surface area contributed by atoms with Crippen molar-refractivity contribution in [3.8, 4) is 0 Å². The van der Waals surface area contributed by atoms with Crippen LogP contribution in [0, 0.1) is 5.92 Å². The minimum Gasteiger partial charge on any atom is -0.347 e. The molecule has 0 aliphatic carbocycles. The van der Waals surface area contributed by atoms with Crippen molar-refractivity contribution in [3.63, 3.8) is 0 Å². The van der Waals surface area contributed by atoms with E-state index in [2.05, 4.69) is 22.4 Å². The van der Waals surface area contributed by atoms with Crippen molar-refractivity contribution < 1.29 is 9.59 Å². The molecule has 1 saturated heterocycles. The van der Waals surface area contributed by atoms with Gasteiger partial charge in [0.1, 0.15) is 6.54 Å². The third kappa shape index (κ3) is 4.64. The summed E-state index contributed by atoms with van der Waals surface area (Å²) in [6.45, 7) is 1.78. The number of rotatable bonds is 5. The summed E-state index contributed by atoms with van der Waals surface area (Å²) in [5, 5.41) is 7.84. The SMILES string of the molecule is CN(C)C(=O)Cn1cc(C(=O)N2C[C@@H](CN)[C@H](c3ccccc3)C2)nn1.Cl. The van der Waals surface area contributed by atoms with Gasteiger partial charge in [0.15, 0.2) is 5.69 Å². The Balaban J connectivity index is 0.00000261. The molecule has 2 atom stereocenters. The fourth-order valence-corrected chi connectivity index (χ4v) is 3.27. The average Bonchev–Trinajstić information content (AvgIpc) is 3.28. The topological polar surface area (TPSA) is 97.4 Å². The van der Waals surface area contributed by atoms with Crippen LogP contribution in [0.15, 0.2) is 36.5 Å². The second kappa shape index (κ2) is 8.96. The van der Waals surface area contributed by atoms with Crippen LogP contribution < -0.4 is 5.73 Å². The van der Waals surface area contributed by atoms with Crippen LogP contribution in [0.4, 0.5) is 0 Å². The van der Waals surface area contributed by atoms with Crippen molar-refractivity contribution in [2.45, 2.75) is 12.5 Å². The van der Waals surface area contributed by atoms with E-state index in [-0.39, 0.29) is 48.3 Å². The molecule has 1 aromatic heterocycles. The zero-order valence-corrected chi connectivity index (χ0v) is 16.3. The minimum absolute atomic E-state index is 0. The molecule has 27 heavy (non-hydrogen) atoms. The van der Waals surface area contributed by atoms with Gasteiger partial charge >= 0.3 is 0 Å². The van der Waals surface area contributed by atoms with Gasteiger partial charge < -0.3 is 15.5 Å². The Kier molecular flexibility index (Phi) is 6.92. The molecule has 0 saturated carbocycles. The van der Waals surface area contributed by atoms with E-state index in [0.29, 0.717) is 19.6 Å². The van der Waals surface area contributed by atoms with Crippen molar-refractivity contribution >= 4 is 24.2 Å². The second-order valence-electron chi connectivity index (χ2n) is 6.81. The first kappa shape index (κ1) is 20.9.